The summed E-state index contributed by atoms with van der Waals surface area (Å²) in [7, 11) is 4.13. The van der Waals surface area contributed by atoms with Crippen LogP contribution in [0.3, 0.4) is 0 Å². The van der Waals surface area contributed by atoms with E-state index in [-0.39, 0.29) is 23.7 Å². The highest BCUT2D eigenvalue weighted by Gasteiger charge is 2.49. The van der Waals surface area contributed by atoms with Crippen LogP contribution >= 0.6 is 0 Å². The van der Waals surface area contributed by atoms with E-state index in [0.29, 0.717) is 25.7 Å². The second kappa shape index (κ2) is 10.7. The molecule has 1 amide bonds. The van der Waals surface area contributed by atoms with Crippen molar-refractivity contribution in [3.8, 4) is 0 Å². The number of carbonyl (C=O) groups excluding carboxylic acids is 3. The van der Waals surface area contributed by atoms with Crippen LogP contribution in [0.5, 0.6) is 0 Å². The fraction of sp³-hybridized carbons (Fsp3) is 0.625. The highest BCUT2D eigenvalue weighted by atomic mass is 16.6. The van der Waals surface area contributed by atoms with Crippen LogP contribution in [0.4, 0.5) is 0 Å². The largest absolute Gasteiger partial charge is 0.449 e. The summed E-state index contributed by atoms with van der Waals surface area (Å²) in [6.45, 7) is 1.57. The maximum Gasteiger partial charge on any atom is 0.306 e. The molecule has 30 heavy (non-hydrogen) atoms. The molecule has 0 saturated heterocycles. The van der Waals surface area contributed by atoms with Gasteiger partial charge in [0.25, 0.3) is 5.91 Å². The molecule has 0 radical (unpaired) electrons. The Hall–Kier alpha value is -2.21. The molecule has 0 atom stereocenters. The normalized spacial score (nSPS) is 23.9. The second-order valence-electron chi connectivity index (χ2n) is 8.88. The Morgan fingerprint density at radius 1 is 0.967 bits per heavy atom. The van der Waals surface area contributed by atoms with Gasteiger partial charge >= 0.3 is 5.97 Å². The number of hydrogen-bond donors (Lipinski definition) is 1. The molecule has 2 N–H and O–H groups in total. The molecule has 0 bridgehead atoms. The van der Waals surface area contributed by atoms with Crippen LogP contribution in [0, 0.1) is 0 Å². The molecule has 0 spiro atoms. The van der Waals surface area contributed by atoms with Crippen LogP contribution in [-0.4, -0.2) is 47.8 Å². The number of nitrogens with zero attached hydrogens (tertiary/aromatic N) is 1. The summed E-state index contributed by atoms with van der Waals surface area (Å²) < 4.78 is 5.69. The van der Waals surface area contributed by atoms with Gasteiger partial charge in [0, 0.05) is 18.4 Å². The molecule has 1 aromatic carbocycles. The third kappa shape index (κ3) is 6.39. The average molecular weight is 417 g/mol. The predicted octanol–water partition coefficient (Wildman–Crippen LogP) is 3.41. The molecule has 1 fully saturated rings. The molecular formula is C24H36N2O4. The Bertz CT molecular complexity index is 722. The zero-order chi connectivity index (χ0) is 22.2. The van der Waals surface area contributed by atoms with Crippen LogP contribution in [0.25, 0.3) is 0 Å². The van der Waals surface area contributed by atoms with Crippen molar-refractivity contribution < 1.29 is 19.1 Å². The number of hydrogen-bond acceptors (Lipinski definition) is 5. The standard InChI is InChI=1S/C24H36N2O4/c1-19(27)10-6-4-9-13-21(28)30-24(22(25)29)16-14-23(15-17-24,26(2)3)18-20-11-7-5-8-12-20/h5,7-8,11-12H,4,6,9-10,13-18H2,1-3H3,(H2,25,29). The van der Waals surface area contributed by atoms with E-state index in [1.54, 1.807) is 6.92 Å². The van der Waals surface area contributed by atoms with Gasteiger partial charge in [-0.1, -0.05) is 36.8 Å². The molecule has 0 aromatic heterocycles. The quantitative estimate of drug-likeness (QED) is 0.441. The zero-order valence-corrected chi connectivity index (χ0v) is 18.6. The number of likely N-dealkylation sites (N-methyl/N-ethyl adjacent to an activating group) is 1. The van der Waals surface area contributed by atoms with E-state index in [0.717, 1.165) is 32.1 Å². The number of primary amides is 1. The van der Waals surface area contributed by atoms with Gasteiger partial charge in [0.05, 0.1) is 0 Å². The lowest BCUT2D eigenvalue weighted by Gasteiger charge is -2.48. The first-order chi connectivity index (χ1) is 14.2. The topological polar surface area (TPSA) is 89.7 Å². The summed E-state index contributed by atoms with van der Waals surface area (Å²) in [6.07, 6.45) is 6.19. The van der Waals surface area contributed by atoms with Crippen LogP contribution in [0.15, 0.2) is 30.3 Å². The highest BCUT2D eigenvalue weighted by molar-refractivity contribution is 5.86. The summed E-state index contributed by atoms with van der Waals surface area (Å²) in [6, 6.07) is 10.3. The first kappa shape index (κ1) is 24.1. The molecule has 2 rings (SSSR count). The van der Waals surface area contributed by atoms with Crippen molar-refractivity contribution in [1.82, 2.24) is 4.90 Å². The number of ketones is 1. The number of carbonyl (C=O) groups is 3. The fourth-order valence-corrected chi connectivity index (χ4v) is 4.36. The van der Waals surface area contributed by atoms with E-state index in [1.165, 1.54) is 5.56 Å². The third-order valence-corrected chi connectivity index (χ3v) is 6.48. The van der Waals surface area contributed by atoms with Gasteiger partial charge in [-0.25, -0.2) is 0 Å². The number of ether oxygens (including phenoxy) is 1. The minimum Gasteiger partial charge on any atom is -0.449 e. The minimum atomic E-state index is -1.22. The van der Waals surface area contributed by atoms with Gasteiger partial charge in [-0.2, -0.15) is 0 Å². The average Bonchev–Trinajstić information content (AvgIpc) is 2.69. The number of unbranched alkanes of at least 4 members (excludes halogenated alkanes) is 2. The Kier molecular flexibility index (Phi) is 8.59. The zero-order valence-electron chi connectivity index (χ0n) is 18.6. The molecule has 1 aliphatic carbocycles. The van der Waals surface area contributed by atoms with E-state index in [9.17, 15) is 14.4 Å². The van der Waals surface area contributed by atoms with Gasteiger partial charge in [0.1, 0.15) is 5.78 Å². The van der Waals surface area contributed by atoms with Crippen molar-refractivity contribution in [1.29, 1.82) is 0 Å². The number of nitrogens with two attached hydrogens (primary N) is 1. The van der Waals surface area contributed by atoms with Crippen LogP contribution < -0.4 is 5.73 Å². The van der Waals surface area contributed by atoms with Crippen molar-refractivity contribution in [2.24, 2.45) is 5.73 Å². The van der Waals surface area contributed by atoms with Gasteiger partial charge in [-0.15, -0.1) is 0 Å². The summed E-state index contributed by atoms with van der Waals surface area (Å²) in [5.41, 5.74) is 5.65. The van der Waals surface area contributed by atoms with E-state index < -0.39 is 11.5 Å². The Morgan fingerprint density at radius 3 is 2.10 bits per heavy atom. The van der Waals surface area contributed by atoms with Gasteiger partial charge in [0.2, 0.25) is 0 Å². The van der Waals surface area contributed by atoms with Gasteiger partial charge in [0.15, 0.2) is 5.60 Å². The van der Waals surface area contributed by atoms with Crippen molar-refractivity contribution in [3.05, 3.63) is 35.9 Å². The van der Waals surface area contributed by atoms with E-state index in [2.05, 4.69) is 31.1 Å². The third-order valence-electron chi connectivity index (χ3n) is 6.48. The number of benzene rings is 1. The molecule has 6 nitrogen and oxygen atoms in total. The van der Waals surface area contributed by atoms with Crippen molar-refractivity contribution in [3.63, 3.8) is 0 Å². The number of Topliss-reactive ketones (excluding diaryl/α,β-unsaturated/α-hetero) is 1. The number of rotatable bonds is 11. The molecule has 166 valence electrons. The van der Waals surface area contributed by atoms with E-state index in [4.69, 9.17) is 10.5 Å². The lowest BCUT2D eigenvalue weighted by molar-refractivity contribution is -0.174. The summed E-state index contributed by atoms with van der Waals surface area (Å²) in [5.74, 6) is -0.774. The highest BCUT2D eigenvalue weighted by Crippen LogP contribution is 2.42. The summed E-state index contributed by atoms with van der Waals surface area (Å²) in [4.78, 5) is 37.9. The van der Waals surface area contributed by atoms with Crippen LogP contribution in [0.2, 0.25) is 0 Å². The maximum absolute atomic E-state index is 12.4. The molecule has 1 saturated carbocycles. The maximum atomic E-state index is 12.4. The van der Waals surface area contributed by atoms with Crippen molar-refractivity contribution >= 4 is 17.7 Å². The number of esters is 1. The second-order valence-corrected chi connectivity index (χ2v) is 8.88. The first-order valence-corrected chi connectivity index (χ1v) is 10.9. The first-order valence-electron chi connectivity index (χ1n) is 10.9. The monoisotopic (exact) mass is 416 g/mol. The van der Waals surface area contributed by atoms with Crippen LogP contribution in [-0.2, 0) is 25.5 Å². The smallest absolute Gasteiger partial charge is 0.306 e. The van der Waals surface area contributed by atoms with Crippen molar-refractivity contribution in [2.45, 2.75) is 82.3 Å². The number of amides is 1. The summed E-state index contributed by atoms with van der Waals surface area (Å²) in [5, 5.41) is 0. The molecule has 1 aliphatic rings. The fourth-order valence-electron chi connectivity index (χ4n) is 4.36. The molecule has 0 heterocycles. The lowest BCUT2D eigenvalue weighted by atomic mass is 9.70. The Balaban J connectivity index is 1.97. The van der Waals surface area contributed by atoms with Crippen LogP contribution in [0.1, 0.15) is 70.3 Å². The van der Waals surface area contributed by atoms with Gasteiger partial charge in [-0.3, -0.25) is 9.59 Å². The lowest BCUT2D eigenvalue weighted by Crippen LogP contribution is -2.57. The SMILES string of the molecule is CC(=O)CCCCCC(=O)OC1(C(N)=O)CCC(Cc2ccccc2)(N(C)C)CC1. The molecule has 0 unspecified atom stereocenters. The Labute approximate surface area is 180 Å². The predicted molar refractivity (Wildman–Crippen MR) is 117 cm³/mol. The van der Waals surface area contributed by atoms with Gasteiger partial charge < -0.3 is 20.2 Å². The van der Waals surface area contributed by atoms with E-state index in [1.807, 2.05) is 18.2 Å². The Morgan fingerprint density at radius 2 is 1.57 bits per heavy atom. The molecular weight excluding hydrogens is 380 g/mol. The molecule has 1 aromatic rings. The molecule has 0 aliphatic heterocycles. The molecule has 6 heteroatoms. The minimum absolute atomic E-state index is 0.0978. The van der Waals surface area contributed by atoms with Crippen molar-refractivity contribution in [2.75, 3.05) is 14.1 Å². The summed E-state index contributed by atoms with van der Waals surface area (Å²) >= 11 is 0. The van der Waals surface area contributed by atoms with E-state index >= 15 is 0 Å². The van der Waals surface area contributed by atoms with Gasteiger partial charge in [-0.05, 0) is 71.5 Å².